The summed E-state index contributed by atoms with van der Waals surface area (Å²) in [6.45, 7) is 1.97. The molecule has 0 spiro atoms. The molecule has 1 rings (SSSR count). The van der Waals surface area contributed by atoms with Crippen LogP contribution >= 0.6 is 0 Å². The van der Waals surface area contributed by atoms with Crippen LogP contribution < -0.4 is 5.73 Å². The van der Waals surface area contributed by atoms with E-state index in [4.69, 9.17) is 10.8 Å². The van der Waals surface area contributed by atoms with Crippen molar-refractivity contribution in [2.45, 2.75) is 32.2 Å². The molecule has 0 bridgehead atoms. The lowest BCUT2D eigenvalue weighted by Gasteiger charge is -2.05. The Morgan fingerprint density at radius 2 is 1.87 bits per heavy atom. The number of carboxylic acid groups (broad SMARTS) is 1. The molecule has 3 heteroatoms. The number of carbonyl (C=O) groups is 1. The summed E-state index contributed by atoms with van der Waals surface area (Å²) in [4.78, 5) is 10.4. The highest BCUT2D eigenvalue weighted by atomic mass is 16.4. The second kappa shape index (κ2) is 5.51. The average molecular weight is 207 g/mol. The van der Waals surface area contributed by atoms with Crippen molar-refractivity contribution >= 4 is 5.97 Å². The van der Waals surface area contributed by atoms with Crippen molar-refractivity contribution in [1.82, 2.24) is 0 Å². The molecule has 3 nitrogen and oxygen atoms in total. The van der Waals surface area contributed by atoms with Crippen molar-refractivity contribution < 1.29 is 9.90 Å². The Balaban J connectivity index is 2.52. The summed E-state index contributed by atoms with van der Waals surface area (Å²) in [6, 6.07) is 8.14. The fourth-order valence-electron chi connectivity index (χ4n) is 1.47. The molecular formula is C12H17NO2. The maximum atomic E-state index is 10.4. The molecule has 3 N–H and O–H groups in total. The van der Waals surface area contributed by atoms with Gasteiger partial charge < -0.3 is 10.8 Å². The van der Waals surface area contributed by atoms with Crippen LogP contribution in [-0.4, -0.2) is 17.1 Å². The van der Waals surface area contributed by atoms with Gasteiger partial charge in [-0.1, -0.05) is 24.3 Å². The number of benzene rings is 1. The van der Waals surface area contributed by atoms with E-state index in [-0.39, 0.29) is 12.5 Å². The summed E-state index contributed by atoms with van der Waals surface area (Å²) in [5.41, 5.74) is 7.94. The molecule has 1 aromatic rings. The summed E-state index contributed by atoms with van der Waals surface area (Å²) >= 11 is 0. The predicted octanol–water partition coefficient (Wildman–Crippen LogP) is 1.59. The SMILES string of the molecule is C[C@@H](N)Cc1ccc(CCC(=O)O)cc1. The Hall–Kier alpha value is -1.35. The van der Waals surface area contributed by atoms with Gasteiger partial charge in [0.05, 0.1) is 0 Å². The Kier molecular flexibility index (Phi) is 4.31. The van der Waals surface area contributed by atoms with E-state index < -0.39 is 5.97 Å². The fourth-order valence-corrected chi connectivity index (χ4v) is 1.47. The molecule has 0 aromatic heterocycles. The molecule has 0 aliphatic carbocycles. The molecule has 0 aliphatic heterocycles. The van der Waals surface area contributed by atoms with Crippen molar-refractivity contribution in [3.63, 3.8) is 0 Å². The number of rotatable bonds is 5. The molecule has 0 saturated heterocycles. The lowest BCUT2D eigenvalue weighted by atomic mass is 10.0. The van der Waals surface area contributed by atoms with E-state index in [2.05, 4.69) is 0 Å². The zero-order valence-corrected chi connectivity index (χ0v) is 8.94. The third-order valence-electron chi connectivity index (χ3n) is 2.21. The predicted molar refractivity (Wildman–Crippen MR) is 59.8 cm³/mol. The Morgan fingerprint density at radius 1 is 1.33 bits per heavy atom. The quantitative estimate of drug-likeness (QED) is 0.770. The van der Waals surface area contributed by atoms with Crippen molar-refractivity contribution in [3.05, 3.63) is 35.4 Å². The van der Waals surface area contributed by atoms with Crippen LogP contribution in [-0.2, 0) is 17.6 Å². The highest BCUT2D eigenvalue weighted by Crippen LogP contribution is 2.08. The molecule has 0 aliphatic rings. The first-order chi connectivity index (χ1) is 7.08. The van der Waals surface area contributed by atoms with Crippen molar-refractivity contribution in [1.29, 1.82) is 0 Å². The van der Waals surface area contributed by atoms with Gasteiger partial charge in [-0.05, 0) is 30.9 Å². The number of hydrogen-bond acceptors (Lipinski definition) is 2. The van der Waals surface area contributed by atoms with Gasteiger partial charge in [0.15, 0.2) is 0 Å². The summed E-state index contributed by atoms with van der Waals surface area (Å²) in [5, 5.41) is 8.53. The summed E-state index contributed by atoms with van der Waals surface area (Å²) in [7, 11) is 0. The van der Waals surface area contributed by atoms with Crippen LogP contribution in [0.15, 0.2) is 24.3 Å². The van der Waals surface area contributed by atoms with E-state index >= 15 is 0 Å². The standard InChI is InChI=1S/C12H17NO2/c1-9(13)8-11-4-2-10(3-5-11)6-7-12(14)15/h2-5,9H,6-8,13H2,1H3,(H,14,15)/t9-/m1/s1. The lowest BCUT2D eigenvalue weighted by Crippen LogP contribution is -2.17. The number of nitrogens with two attached hydrogens (primary N) is 1. The second-order valence-electron chi connectivity index (χ2n) is 3.89. The van der Waals surface area contributed by atoms with Gasteiger partial charge in [-0.15, -0.1) is 0 Å². The third-order valence-corrected chi connectivity index (χ3v) is 2.21. The molecule has 0 amide bonds. The smallest absolute Gasteiger partial charge is 0.303 e. The van der Waals surface area contributed by atoms with E-state index in [1.165, 1.54) is 5.56 Å². The van der Waals surface area contributed by atoms with E-state index in [9.17, 15) is 4.79 Å². The highest BCUT2D eigenvalue weighted by molar-refractivity contribution is 5.67. The van der Waals surface area contributed by atoms with Gasteiger partial charge in [0.2, 0.25) is 0 Å². The first kappa shape index (κ1) is 11.7. The van der Waals surface area contributed by atoms with Crippen LogP contribution in [0.25, 0.3) is 0 Å². The summed E-state index contributed by atoms with van der Waals surface area (Å²) < 4.78 is 0. The molecule has 0 unspecified atom stereocenters. The van der Waals surface area contributed by atoms with Gasteiger partial charge in [0.1, 0.15) is 0 Å². The van der Waals surface area contributed by atoms with Crippen LogP contribution in [0.1, 0.15) is 24.5 Å². The Morgan fingerprint density at radius 3 is 2.33 bits per heavy atom. The Labute approximate surface area is 89.9 Å². The van der Waals surface area contributed by atoms with Gasteiger partial charge in [0.25, 0.3) is 0 Å². The van der Waals surface area contributed by atoms with E-state index in [0.717, 1.165) is 12.0 Å². The third kappa shape index (κ3) is 4.61. The Bertz CT molecular complexity index is 317. The molecule has 82 valence electrons. The molecule has 0 radical (unpaired) electrons. The first-order valence-corrected chi connectivity index (χ1v) is 5.13. The number of aliphatic carboxylic acids is 1. The molecular weight excluding hydrogens is 190 g/mol. The molecule has 0 fully saturated rings. The second-order valence-corrected chi connectivity index (χ2v) is 3.89. The van der Waals surface area contributed by atoms with Crippen molar-refractivity contribution in [2.24, 2.45) is 5.73 Å². The monoisotopic (exact) mass is 207 g/mol. The minimum atomic E-state index is -0.755. The van der Waals surface area contributed by atoms with E-state index in [1.807, 2.05) is 31.2 Å². The fraction of sp³-hybridized carbons (Fsp3) is 0.417. The first-order valence-electron chi connectivity index (χ1n) is 5.13. The van der Waals surface area contributed by atoms with Gasteiger partial charge >= 0.3 is 5.97 Å². The number of aryl methyl sites for hydroxylation is 1. The largest absolute Gasteiger partial charge is 0.481 e. The minimum Gasteiger partial charge on any atom is -0.481 e. The minimum absolute atomic E-state index is 0.162. The van der Waals surface area contributed by atoms with Crippen LogP contribution in [0.3, 0.4) is 0 Å². The molecule has 15 heavy (non-hydrogen) atoms. The van der Waals surface area contributed by atoms with Gasteiger partial charge in [0, 0.05) is 12.5 Å². The van der Waals surface area contributed by atoms with Crippen LogP contribution in [0.2, 0.25) is 0 Å². The zero-order valence-electron chi connectivity index (χ0n) is 8.94. The lowest BCUT2D eigenvalue weighted by molar-refractivity contribution is -0.136. The van der Waals surface area contributed by atoms with Crippen molar-refractivity contribution in [3.8, 4) is 0 Å². The van der Waals surface area contributed by atoms with Gasteiger partial charge in [-0.25, -0.2) is 0 Å². The summed E-state index contributed by atoms with van der Waals surface area (Å²) in [5.74, 6) is -0.755. The average Bonchev–Trinajstić information content (AvgIpc) is 2.16. The van der Waals surface area contributed by atoms with Crippen LogP contribution in [0, 0.1) is 0 Å². The van der Waals surface area contributed by atoms with Gasteiger partial charge in [-0.2, -0.15) is 0 Å². The molecule has 1 aromatic carbocycles. The molecule has 0 saturated carbocycles. The maximum absolute atomic E-state index is 10.4. The van der Waals surface area contributed by atoms with E-state index in [0.29, 0.717) is 6.42 Å². The normalized spacial score (nSPS) is 12.4. The van der Waals surface area contributed by atoms with Gasteiger partial charge in [-0.3, -0.25) is 4.79 Å². The maximum Gasteiger partial charge on any atom is 0.303 e. The van der Waals surface area contributed by atoms with E-state index in [1.54, 1.807) is 0 Å². The molecule has 1 atom stereocenters. The number of carboxylic acids is 1. The zero-order chi connectivity index (χ0) is 11.3. The number of hydrogen-bond donors (Lipinski definition) is 2. The van der Waals surface area contributed by atoms with Crippen LogP contribution in [0.5, 0.6) is 0 Å². The summed E-state index contributed by atoms with van der Waals surface area (Å²) in [6.07, 6.45) is 1.64. The molecule has 0 heterocycles. The highest BCUT2D eigenvalue weighted by Gasteiger charge is 2.00. The van der Waals surface area contributed by atoms with Crippen molar-refractivity contribution in [2.75, 3.05) is 0 Å². The van der Waals surface area contributed by atoms with Crippen LogP contribution in [0.4, 0.5) is 0 Å². The topological polar surface area (TPSA) is 63.3 Å².